The minimum absolute atomic E-state index is 0.0914. The Hall–Kier alpha value is -2.19. The normalized spacial score (nSPS) is 20.3. The Morgan fingerprint density at radius 1 is 1.09 bits per heavy atom. The fourth-order valence-electron chi connectivity index (χ4n) is 4.26. The Labute approximate surface area is 206 Å². The van der Waals surface area contributed by atoms with Crippen LogP contribution in [0.1, 0.15) is 62.3 Å². The van der Waals surface area contributed by atoms with Gasteiger partial charge < -0.3 is 28.3 Å². The lowest BCUT2D eigenvalue weighted by molar-refractivity contribution is 0.0399. The van der Waals surface area contributed by atoms with Crippen molar-refractivity contribution in [2.45, 2.75) is 62.0 Å². The SMILES string of the molecule is COCC(COC)n1c(CS(=O)(=O)[C@@H](C)[C@H](OC)c2cnc(OC)cn2)nnc1[C@H]1CC[C@@H](C)O1. The van der Waals surface area contributed by atoms with Crippen LogP contribution in [0, 0.1) is 0 Å². The molecule has 2 aromatic heterocycles. The van der Waals surface area contributed by atoms with E-state index in [4.69, 9.17) is 23.7 Å². The molecule has 3 rings (SSSR count). The van der Waals surface area contributed by atoms with E-state index in [-0.39, 0.29) is 24.0 Å². The Bertz CT molecular complexity index is 1040. The largest absolute Gasteiger partial charge is 0.480 e. The lowest BCUT2D eigenvalue weighted by atomic mass is 10.2. The second-order valence-electron chi connectivity index (χ2n) is 8.57. The predicted octanol–water partition coefficient (Wildman–Crippen LogP) is 1.84. The standard InChI is InChI=1S/C22H35N5O7S/c1-14-7-8-18(34-14)22-26-25-19(27(22)16(11-30-3)12-31-4)13-35(28,29)15(2)21(33-6)17-9-24-20(32-5)10-23-17/h9-10,14-16,18,21H,7-8,11-13H2,1-6H3/t14-,15+,18-,21+/m1/s1. The highest BCUT2D eigenvalue weighted by Crippen LogP contribution is 2.34. The molecule has 0 aliphatic carbocycles. The van der Waals surface area contributed by atoms with E-state index < -0.39 is 21.2 Å². The van der Waals surface area contributed by atoms with Crippen molar-refractivity contribution >= 4 is 9.84 Å². The van der Waals surface area contributed by atoms with Crippen molar-refractivity contribution in [1.82, 2.24) is 24.7 Å². The van der Waals surface area contributed by atoms with Crippen LogP contribution in [0.4, 0.5) is 0 Å². The number of rotatable bonds is 13. The van der Waals surface area contributed by atoms with E-state index in [1.807, 2.05) is 6.92 Å². The zero-order valence-corrected chi connectivity index (χ0v) is 21.9. The summed E-state index contributed by atoms with van der Waals surface area (Å²) in [4.78, 5) is 8.38. The van der Waals surface area contributed by atoms with Crippen molar-refractivity contribution in [3.05, 3.63) is 29.7 Å². The monoisotopic (exact) mass is 513 g/mol. The fraction of sp³-hybridized carbons (Fsp3) is 0.727. The zero-order chi connectivity index (χ0) is 25.6. The summed E-state index contributed by atoms with van der Waals surface area (Å²) in [6.45, 7) is 4.18. The summed E-state index contributed by atoms with van der Waals surface area (Å²) >= 11 is 0. The van der Waals surface area contributed by atoms with Crippen molar-refractivity contribution in [3.8, 4) is 5.88 Å². The van der Waals surface area contributed by atoms with Crippen molar-refractivity contribution in [1.29, 1.82) is 0 Å². The molecule has 35 heavy (non-hydrogen) atoms. The van der Waals surface area contributed by atoms with Gasteiger partial charge in [-0.2, -0.15) is 0 Å². The third-order valence-electron chi connectivity index (χ3n) is 6.12. The Kier molecular flexibility index (Phi) is 9.53. The van der Waals surface area contributed by atoms with Gasteiger partial charge in [0.2, 0.25) is 5.88 Å². The van der Waals surface area contributed by atoms with Gasteiger partial charge in [0.05, 0.1) is 55.8 Å². The molecule has 1 aliphatic rings. The summed E-state index contributed by atoms with van der Waals surface area (Å²) in [6, 6.07) is -0.319. The first-order valence-corrected chi connectivity index (χ1v) is 13.1. The molecule has 0 N–H and O–H groups in total. The molecule has 0 saturated carbocycles. The molecular weight excluding hydrogens is 478 g/mol. The number of hydrogen-bond acceptors (Lipinski definition) is 11. The van der Waals surface area contributed by atoms with Crippen LogP contribution in [0.15, 0.2) is 12.4 Å². The van der Waals surface area contributed by atoms with Crippen molar-refractivity contribution in [3.63, 3.8) is 0 Å². The molecule has 0 aromatic carbocycles. The summed E-state index contributed by atoms with van der Waals surface area (Å²) in [5.41, 5.74) is 0.386. The molecule has 0 amide bonds. The van der Waals surface area contributed by atoms with Gasteiger partial charge in [-0.1, -0.05) is 0 Å². The molecule has 1 fully saturated rings. The molecule has 2 aromatic rings. The molecule has 4 atom stereocenters. The molecule has 196 valence electrons. The van der Waals surface area contributed by atoms with E-state index >= 15 is 0 Å². The van der Waals surface area contributed by atoms with Crippen LogP contribution < -0.4 is 4.74 Å². The van der Waals surface area contributed by atoms with Crippen molar-refractivity contribution < 1.29 is 32.1 Å². The third-order valence-corrected chi connectivity index (χ3v) is 8.16. The number of ether oxygens (including phenoxy) is 5. The molecule has 0 bridgehead atoms. The molecule has 3 heterocycles. The van der Waals surface area contributed by atoms with Crippen LogP contribution in [0.25, 0.3) is 0 Å². The number of sulfone groups is 1. The number of aromatic nitrogens is 5. The maximum Gasteiger partial charge on any atom is 0.231 e. The quantitative estimate of drug-likeness (QED) is 0.388. The molecule has 1 aliphatic heterocycles. The van der Waals surface area contributed by atoms with E-state index in [1.165, 1.54) is 26.6 Å². The molecule has 0 unspecified atom stereocenters. The van der Waals surface area contributed by atoms with Gasteiger partial charge in [0.15, 0.2) is 15.7 Å². The average molecular weight is 514 g/mol. The van der Waals surface area contributed by atoms with Gasteiger partial charge in [-0.25, -0.2) is 13.4 Å². The maximum atomic E-state index is 13.5. The highest BCUT2D eigenvalue weighted by molar-refractivity contribution is 7.91. The van der Waals surface area contributed by atoms with E-state index in [0.29, 0.717) is 36.4 Å². The fourth-order valence-corrected chi connectivity index (χ4v) is 5.71. The molecule has 0 radical (unpaired) electrons. The van der Waals surface area contributed by atoms with Crippen molar-refractivity contribution in [2.75, 3.05) is 41.7 Å². The summed E-state index contributed by atoms with van der Waals surface area (Å²) < 4.78 is 56.2. The van der Waals surface area contributed by atoms with Crippen LogP contribution in [0.3, 0.4) is 0 Å². The van der Waals surface area contributed by atoms with Crippen LogP contribution in [0.5, 0.6) is 5.88 Å². The maximum absolute atomic E-state index is 13.5. The lowest BCUT2D eigenvalue weighted by Gasteiger charge is -2.25. The summed E-state index contributed by atoms with van der Waals surface area (Å²) in [6.07, 6.45) is 3.52. The van der Waals surface area contributed by atoms with Gasteiger partial charge in [-0.3, -0.25) is 4.98 Å². The van der Waals surface area contributed by atoms with E-state index in [1.54, 1.807) is 25.7 Å². The molecule has 0 spiro atoms. The molecule has 1 saturated heterocycles. The molecule has 13 heteroatoms. The van der Waals surface area contributed by atoms with Crippen LogP contribution >= 0.6 is 0 Å². The second-order valence-corrected chi connectivity index (χ2v) is 10.9. The second kappa shape index (κ2) is 12.2. The van der Waals surface area contributed by atoms with E-state index in [9.17, 15) is 8.42 Å². The van der Waals surface area contributed by atoms with Gasteiger partial charge in [0.25, 0.3) is 0 Å². The Morgan fingerprint density at radius 3 is 2.31 bits per heavy atom. The van der Waals surface area contributed by atoms with Crippen LogP contribution in [-0.2, 0) is 34.5 Å². The van der Waals surface area contributed by atoms with Gasteiger partial charge >= 0.3 is 0 Å². The molecular formula is C22H35N5O7S. The van der Waals surface area contributed by atoms with Gasteiger partial charge in [-0.05, 0) is 26.7 Å². The number of methoxy groups -OCH3 is 4. The first kappa shape index (κ1) is 27.4. The number of nitrogens with zero attached hydrogens (tertiary/aromatic N) is 5. The molecule has 12 nitrogen and oxygen atoms in total. The first-order valence-electron chi connectivity index (χ1n) is 11.4. The van der Waals surface area contributed by atoms with Gasteiger partial charge in [-0.15, -0.1) is 10.2 Å². The first-order chi connectivity index (χ1) is 16.7. The summed E-state index contributed by atoms with van der Waals surface area (Å²) in [5.74, 6) is 0.850. The number of hydrogen-bond donors (Lipinski definition) is 0. The van der Waals surface area contributed by atoms with E-state index in [0.717, 1.165) is 12.8 Å². The van der Waals surface area contributed by atoms with Crippen LogP contribution in [0.2, 0.25) is 0 Å². The average Bonchev–Trinajstić information content (AvgIpc) is 3.45. The van der Waals surface area contributed by atoms with Gasteiger partial charge in [0, 0.05) is 21.3 Å². The third kappa shape index (κ3) is 6.33. The minimum atomic E-state index is -3.77. The summed E-state index contributed by atoms with van der Waals surface area (Å²) in [7, 11) is 2.32. The Morgan fingerprint density at radius 2 is 1.80 bits per heavy atom. The lowest BCUT2D eigenvalue weighted by Crippen LogP contribution is -2.31. The predicted molar refractivity (Wildman–Crippen MR) is 126 cm³/mol. The highest BCUT2D eigenvalue weighted by Gasteiger charge is 2.36. The van der Waals surface area contributed by atoms with Gasteiger partial charge in [0.1, 0.15) is 23.8 Å². The minimum Gasteiger partial charge on any atom is -0.480 e. The summed E-state index contributed by atoms with van der Waals surface area (Å²) in [5, 5.41) is 7.69. The topological polar surface area (TPSA) is 137 Å². The smallest absolute Gasteiger partial charge is 0.231 e. The Balaban J connectivity index is 1.93. The van der Waals surface area contributed by atoms with Crippen molar-refractivity contribution in [2.24, 2.45) is 0 Å². The van der Waals surface area contributed by atoms with E-state index in [2.05, 4.69) is 20.2 Å². The highest BCUT2D eigenvalue weighted by atomic mass is 32.2. The zero-order valence-electron chi connectivity index (χ0n) is 21.1. The van der Waals surface area contributed by atoms with Crippen LogP contribution in [-0.4, -0.2) is 86.2 Å².